The molecule has 0 saturated heterocycles. The summed E-state index contributed by atoms with van der Waals surface area (Å²) < 4.78 is 18.4. The van der Waals surface area contributed by atoms with Gasteiger partial charge in [-0.3, -0.25) is 14.5 Å². The number of amides is 2. The lowest BCUT2D eigenvalue weighted by Crippen LogP contribution is -2.34. The Kier molecular flexibility index (Phi) is 6.54. The summed E-state index contributed by atoms with van der Waals surface area (Å²) in [5.74, 6) is -0.405. The minimum Gasteiger partial charge on any atom is -0.497 e. The lowest BCUT2D eigenvalue weighted by atomic mass is 10.0. The maximum atomic E-state index is 13.4. The van der Waals surface area contributed by atoms with Gasteiger partial charge in [-0.15, -0.1) is 0 Å². The van der Waals surface area contributed by atoms with Crippen molar-refractivity contribution in [1.29, 1.82) is 0 Å². The van der Waals surface area contributed by atoms with Crippen molar-refractivity contribution in [3.63, 3.8) is 0 Å². The van der Waals surface area contributed by atoms with E-state index in [2.05, 4.69) is 12.2 Å². The van der Waals surface area contributed by atoms with E-state index < -0.39 is 0 Å². The third-order valence-corrected chi connectivity index (χ3v) is 5.72. The molecule has 4 rings (SSSR count). The molecule has 168 valence electrons. The van der Waals surface area contributed by atoms with Gasteiger partial charge in [0.2, 0.25) is 0 Å². The first kappa shape index (κ1) is 22.3. The van der Waals surface area contributed by atoms with E-state index in [0.717, 1.165) is 17.7 Å². The van der Waals surface area contributed by atoms with E-state index in [-0.39, 0.29) is 29.9 Å². The van der Waals surface area contributed by atoms with Crippen LogP contribution in [0.4, 0.5) is 10.1 Å². The van der Waals surface area contributed by atoms with Crippen LogP contribution in [0, 0.1) is 5.82 Å². The van der Waals surface area contributed by atoms with E-state index >= 15 is 0 Å². The molecule has 0 spiro atoms. The molecule has 0 radical (unpaired) electrons. The largest absolute Gasteiger partial charge is 0.497 e. The quantitative estimate of drug-likeness (QED) is 0.506. The summed E-state index contributed by atoms with van der Waals surface area (Å²) in [6, 6.07) is 20.9. The van der Waals surface area contributed by atoms with E-state index in [0.29, 0.717) is 23.3 Å². The molecular weight excluding hydrogens is 419 g/mol. The van der Waals surface area contributed by atoms with Crippen molar-refractivity contribution in [2.24, 2.45) is 0 Å². The predicted octanol–water partition coefficient (Wildman–Crippen LogP) is 4.83. The van der Waals surface area contributed by atoms with Crippen LogP contribution in [0.3, 0.4) is 0 Å². The summed E-state index contributed by atoms with van der Waals surface area (Å²) >= 11 is 0. The number of ether oxygens (including phenoxy) is 1. The van der Waals surface area contributed by atoms with E-state index in [9.17, 15) is 14.0 Å². The average molecular weight is 445 g/mol. The van der Waals surface area contributed by atoms with Crippen molar-refractivity contribution >= 4 is 23.1 Å². The van der Waals surface area contributed by atoms with Crippen molar-refractivity contribution in [2.45, 2.75) is 19.8 Å². The summed E-state index contributed by atoms with van der Waals surface area (Å²) in [5.41, 5.74) is 3.95. The van der Waals surface area contributed by atoms with Crippen LogP contribution >= 0.6 is 0 Å². The SMILES string of the molecule is CCc1ccc(NC2=C(c3ccc(OC)cc3)C(=O)N(CCc3ccc(F)cc3)C2=O)cc1. The first-order valence-corrected chi connectivity index (χ1v) is 10.9. The molecule has 3 aromatic rings. The number of carbonyl (C=O) groups is 2. The number of rotatable bonds is 8. The number of anilines is 1. The molecule has 1 heterocycles. The number of nitrogens with zero attached hydrogens (tertiary/aromatic N) is 1. The third kappa shape index (κ3) is 4.80. The molecular formula is C27H25FN2O3. The van der Waals surface area contributed by atoms with Gasteiger partial charge in [0.25, 0.3) is 11.8 Å². The van der Waals surface area contributed by atoms with Gasteiger partial charge in [0, 0.05) is 12.2 Å². The summed E-state index contributed by atoms with van der Waals surface area (Å²) in [6.07, 6.45) is 1.35. The Morgan fingerprint density at radius 3 is 2.09 bits per heavy atom. The van der Waals surface area contributed by atoms with Crippen LogP contribution in [0.5, 0.6) is 5.75 Å². The number of benzene rings is 3. The molecule has 0 atom stereocenters. The number of carbonyl (C=O) groups excluding carboxylic acids is 2. The van der Waals surface area contributed by atoms with Crippen LogP contribution in [0.1, 0.15) is 23.6 Å². The van der Waals surface area contributed by atoms with Gasteiger partial charge in [-0.1, -0.05) is 43.3 Å². The summed E-state index contributed by atoms with van der Waals surface area (Å²) in [7, 11) is 1.57. The van der Waals surface area contributed by atoms with Crippen LogP contribution < -0.4 is 10.1 Å². The molecule has 2 amide bonds. The highest BCUT2D eigenvalue weighted by atomic mass is 19.1. The first-order chi connectivity index (χ1) is 16.0. The van der Waals surface area contributed by atoms with E-state index in [4.69, 9.17) is 4.74 Å². The maximum absolute atomic E-state index is 13.4. The normalized spacial score (nSPS) is 13.6. The molecule has 33 heavy (non-hydrogen) atoms. The Hall–Kier alpha value is -3.93. The monoisotopic (exact) mass is 444 g/mol. The van der Waals surface area contributed by atoms with Gasteiger partial charge < -0.3 is 10.1 Å². The molecule has 0 bridgehead atoms. The highest BCUT2D eigenvalue weighted by molar-refractivity contribution is 6.36. The van der Waals surface area contributed by atoms with Gasteiger partial charge >= 0.3 is 0 Å². The lowest BCUT2D eigenvalue weighted by molar-refractivity contribution is -0.136. The number of aryl methyl sites for hydroxylation is 1. The molecule has 6 heteroatoms. The van der Waals surface area contributed by atoms with Crippen LogP contribution in [-0.4, -0.2) is 30.4 Å². The van der Waals surface area contributed by atoms with Crippen LogP contribution in [0.2, 0.25) is 0 Å². The van der Waals surface area contributed by atoms with Gasteiger partial charge in [-0.2, -0.15) is 0 Å². The second kappa shape index (κ2) is 9.69. The molecule has 1 aliphatic heterocycles. The van der Waals surface area contributed by atoms with Crippen LogP contribution in [0.15, 0.2) is 78.5 Å². The van der Waals surface area contributed by atoms with E-state index in [1.807, 2.05) is 24.3 Å². The zero-order valence-electron chi connectivity index (χ0n) is 18.6. The standard InChI is InChI=1S/C27H25FN2O3/c1-3-18-6-12-22(13-7-18)29-25-24(20-8-14-23(33-2)15-9-20)26(31)30(27(25)32)17-16-19-4-10-21(28)11-5-19/h4-15,29H,3,16-17H2,1-2H3. The van der Waals surface area contributed by atoms with Crippen LogP contribution in [0.25, 0.3) is 5.57 Å². The Bertz CT molecular complexity index is 1180. The van der Waals surface area contributed by atoms with Crippen molar-refractivity contribution in [3.8, 4) is 5.75 Å². The minimum absolute atomic E-state index is 0.197. The van der Waals surface area contributed by atoms with Gasteiger partial charge in [0.15, 0.2) is 0 Å². The fourth-order valence-electron chi connectivity index (χ4n) is 3.78. The second-order valence-corrected chi connectivity index (χ2v) is 7.79. The van der Waals surface area contributed by atoms with Gasteiger partial charge in [-0.25, -0.2) is 4.39 Å². The molecule has 0 aliphatic carbocycles. The Morgan fingerprint density at radius 1 is 0.848 bits per heavy atom. The van der Waals surface area contributed by atoms with E-state index in [1.54, 1.807) is 43.5 Å². The van der Waals surface area contributed by atoms with E-state index in [1.165, 1.54) is 22.6 Å². The fraction of sp³-hybridized carbons (Fsp3) is 0.185. The number of hydrogen-bond acceptors (Lipinski definition) is 4. The first-order valence-electron chi connectivity index (χ1n) is 10.9. The Morgan fingerprint density at radius 2 is 1.48 bits per heavy atom. The van der Waals surface area contributed by atoms with Gasteiger partial charge in [0.1, 0.15) is 17.3 Å². The summed E-state index contributed by atoms with van der Waals surface area (Å²) in [4.78, 5) is 27.9. The Labute approximate surface area is 192 Å². The highest BCUT2D eigenvalue weighted by Crippen LogP contribution is 2.31. The van der Waals surface area contributed by atoms with Crippen molar-refractivity contribution < 1.29 is 18.7 Å². The molecule has 1 aliphatic rings. The van der Waals surface area contributed by atoms with Crippen molar-refractivity contribution in [3.05, 3.63) is 101 Å². The van der Waals surface area contributed by atoms with Crippen LogP contribution in [-0.2, 0) is 22.4 Å². The maximum Gasteiger partial charge on any atom is 0.278 e. The molecule has 3 aromatic carbocycles. The van der Waals surface area contributed by atoms with Crippen molar-refractivity contribution in [1.82, 2.24) is 4.90 Å². The predicted molar refractivity (Wildman–Crippen MR) is 126 cm³/mol. The highest BCUT2D eigenvalue weighted by Gasteiger charge is 2.39. The van der Waals surface area contributed by atoms with Crippen molar-refractivity contribution in [2.75, 3.05) is 19.0 Å². The number of hydrogen-bond donors (Lipinski definition) is 1. The molecule has 5 nitrogen and oxygen atoms in total. The molecule has 0 saturated carbocycles. The molecule has 1 N–H and O–H groups in total. The average Bonchev–Trinajstić information content (AvgIpc) is 3.08. The lowest BCUT2D eigenvalue weighted by Gasteiger charge is -2.15. The zero-order chi connectivity index (χ0) is 23.4. The number of imide groups is 1. The second-order valence-electron chi connectivity index (χ2n) is 7.79. The fourth-order valence-corrected chi connectivity index (χ4v) is 3.78. The molecule has 0 aromatic heterocycles. The smallest absolute Gasteiger partial charge is 0.278 e. The Balaban J connectivity index is 1.64. The topological polar surface area (TPSA) is 58.6 Å². The van der Waals surface area contributed by atoms with Gasteiger partial charge in [0.05, 0.1) is 12.7 Å². The minimum atomic E-state index is -0.382. The summed E-state index contributed by atoms with van der Waals surface area (Å²) in [6.45, 7) is 2.27. The van der Waals surface area contributed by atoms with Gasteiger partial charge in [-0.05, 0) is 65.9 Å². The number of nitrogens with one attached hydrogen (secondary N) is 1. The molecule has 0 unspecified atom stereocenters. The molecule has 0 fully saturated rings. The third-order valence-electron chi connectivity index (χ3n) is 5.72. The zero-order valence-corrected chi connectivity index (χ0v) is 18.6. The number of halogens is 1. The number of methoxy groups -OCH3 is 1. The summed E-state index contributed by atoms with van der Waals surface area (Å²) in [5, 5.41) is 3.17.